The van der Waals surface area contributed by atoms with Crippen LogP contribution < -0.4 is 16.1 Å². The molecule has 0 aliphatic carbocycles. The van der Waals surface area contributed by atoms with Crippen LogP contribution in [0.5, 0.6) is 0 Å². The number of fused-ring (bicyclic) bond motifs is 4. The van der Waals surface area contributed by atoms with Crippen molar-refractivity contribution >= 4 is 48.2 Å². The molecule has 3 N–H and O–H groups in total. The normalized spacial score (nSPS) is 11.5. The highest BCUT2D eigenvalue weighted by molar-refractivity contribution is 7.25. The Morgan fingerprint density at radius 1 is 1.07 bits per heavy atom. The highest BCUT2D eigenvalue weighted by Crippen LogP contribution is 2.34. The van der Waals surface area contributed by atoms with Gasteiger partial charge in [-0.3, -0.25) is 4.79 Å². The van der Waals surface area contributed by atoms with Crippen molar-refractivity contribution in [3.05, 3.63) is 58.5 Å². The van der Waals surface area contributed by atoms with Gasteiger partial charge in [-0.05, 0) is 37.2 Å². The number of aliphatic hydroxyl groups is 1. The van der Waals surface area contributed by atoms with Crippen LogP contribution in [-0.4, -0.2) is 36.3 Å². The standard InChI is InChI=1S/C21H20FN3O2S/c22-13-6-7-17-15(12-13)19(27)18-14-4-1-2-5-16(14)25-21(20(18)28-17)24-9-3-8-23-10-11-26/h1-2,4-7,12,23,26H,3,8-11H2,(H,24,25). The number of aromatic nitrogens is 1. The molecule has 0 fully saturated rings. The van der Waals surface area contributed by atoms with Gasteiger partial charge in [0.2, 0.25) is 0 Å². The van der Waals surface area contributed by atoms with E-state index in [1.165, 1.54) is 23.5 Å². The Morgan fingerprint density at radius 2 is 1.93 bits per heavy atom. The first-order valence-electron chi connectivity index (χ1n) is 9.19. The summed E-state index contributed by atoms with van der Waals surface area (Å²) < 4.78 is 15.2. The molecule has 0 saturated heterocycles. The smallest absolute Gasteiger partial charge is 0.196 e. The quantitative estimate of drug-likeness (QED) is 0.253. The van der Waals surface area contributed by atoms with Gasteiger partial charge in [-0.1, -0.05) is 18.2 Å². The number of aliphatic hydroxyl groups excluding tert-OH is 1. The first-order valence-corrected chi connectivity index (χ1v) is 10.0. The zero-order valence-corrected chi connectivity index (χ0v) is 16.0. The number of nitrogens with one attached hydrogen (secondary N) is 2. The SMILES string of the molecule is O=c1c2cc(F)ccc2sc2c(NCCCNCCO)nc3ccccc3c12. The van der Waals surface area contributed by atoms with Crippen LogP contribution in [0.4, 0.5) is 10.2 Å². The van der Waals surface area contributed by atoms with Crippen molar-refractivity contribution in [2.75, 3.05) is 31.6 Å². The summed E-state index contributed by atoms with van der Waals surface area (Å²) in [6.07, 6.45) is 0.851. The van der Waals surface area contributed by atoms with Crippen LogP contribution in [-0.2, 0) is 0 Å². The number of hydrogen-bond donors (Lipinski definition) is 3. The Kier molecular flexibility index (Phi) is 5.47. The molecule has 5 nitrogen and oxygen atoms in total. The third-order valence-electron chi connectivity index (χ3n) is 4.58. The number of anilines is 1. The average molecular weight is 397 g/mol. The first-order chi connectivity index (χ1) is 13.7. The Labute approximate surface area is 164 Å². The third kappa shape index (κ3) is 3.56. The minimum atomic E-state index is -0.414. The number of benzene rings is 2. The Morgan fingerprint density at radius 3 is 2.79 bits per heavy atom. The highest BCUT2D eigenvalue weighted by atomic mass is 32.1. The van der Waals surface area contributed by atoms with Crippen molar-refractivity contribution in [1.29, 1.82) is 0 Å². The summed E-state index contributed by atoms with van der Waals surface area (Å²) in [5.41, 5.74) is 0.561. The summed E-state index contributed by atoms with van der Waals surface area (Å²) in [4.78, 5) is 17.9. The molecular weight excluding hydrogens is 377 g/mol. The van der Waals surface area contributed by atoms with Crippen molar-refractivity contribution in [2.45, 2.75) is 6.42 Å². The summed E-state index contributed by atoms with van der Waals surface area (Å²) in [5.74, 6) is 0.257. The van der Waals surface area contributed by atoms with Gasteiger partial charge >= 0.3 is 0 Å². The van der Waals surface area contributed by atoms with E-state index >= 15 is 0 Å². The van der Waals surface area contributed by atoms with E-state index in [0.29, 0.717) is 29.7 Å². The molecule has 0 aliphatic heterocycles. The van der Waals surface area contributed by atoms with E-state index in [1.807, 2.05) is 24.3 Å². The zero-order chi connectivity index (χ0) is 19.5. The van der Waals surface area contributed by atoms with E-state index in [1.54, 1.807) is 6.07 Å². The summed E-state index contributed by atoms with van der Waals surface area (Å²) in [5, 5.41) is 17.0. The molecule has 0 amide bonds. The highest BCUT2D eigenvalue weighted by Gasteiger charge is 2.15. The van der Waals surface area contributed by atoms with Crippen molar-refractivity contribution in [3.63, 3.8) is 0 Å². The first kappa shape index (κ1) is 18.7. The van der Waals surface area contributed by atoms with Crippen molar-refractivity contribution < 1.29 is 9.50 Å². The van der Waals surface area contributed by atoms with Gasteiger partial charge in [0.25, 0.3) is 0 Å². The van der Waals surface area contributed by atoms with Crippen LogP contribution in [0.2, 0.25) is 0 Å². The van der Waals surface area contributed by atoms with Gasteiger partial charge in [0.1, 0.15) is 11.6 Å². The molecule has 0 saturated carbocycles. The number of nitrogens with zero attached hydrogens (tertiary/aromatic N) is 1. The second-order valence-corrected chi connectivity index (χ2v) is 7.56. The van der Waals surface area contributed by atoms with Crippen molar-refractivity contribution in [2.24, 2.45) is 0 Å². The van der Waals surface area contributed by atoms with Crippen LogP contribution >= 0.6 is 11.3 Å². The predicted octanol–water partition coefficient (Wildman–Crippen LogP) is 3.49. The largest absolute Gasteiger partial charge is 0.395 e. The number of rotatable bonds is 7. The summed E-state index contributed by atoms with van der Waals surface area (Å²) in [6.45, 7) is 2.14. The second-order valence-electron chi connectivity index (χ2n) is 6.51. The minimum Gasteiger partial charge on any atom is -0.395 e. The van der Waals surface area contributed by atoms with Crippen LogP contribution in [0.1, 0.15) is 6.42 Å². The van der Waals surface area contributed by atoms with Crippen LogP contribution in [0.15, 0.2) is 47.3 Å². The molecule has 0 radical (unpaired) electrons. The van der Waals surface area contributed by atoms with E-state index in [2.05, 4.69) is 10.6 Å². The monoisotopic (exact) mass is 397 g/mol. The summed E-state index contributed by atoms with van der Waals surface area (Å²) in [6, 6.07) is 11.9. The second kappa shape index (κ2) is 8.18. The molecular formula is C21H20FN3O2S. The topological polar surface area (TPSA) is 74.2 Å². The van der Waals surface area contributed by atoms with Gasteiger partial charge in [-0.2, -0.15) is 0 Å². The molecule has 0 aliphatic rings. The fourth-order valence-electron chi connectivity index (χ4n) is 3.28. The number of para-hydroxylation sites is 1. The maximum absolute atomic E-state index is 13.7. The van der Waals surface area contributed by atoms with Gasteiger partial charge in [-0.25, -0.2) is 9.37 Å². The zero-order valence-electron chi connectivity index (χ0n) is 15.2. The van der Waals surface area contributed by atoms with Crippen molar-refractivity contribution in [3.8, 4) is 0 Å². The van der Waals surface area contributed by atoms with Crippen LogP contribution in [0, 0.1) is 5.82 Å². The number of pyridine rings is 1. The summed E-state index contributed by atoms with van der Waals surface area (Å²) in [7, 11) is 0. The van der Waals surface area contributed by atoms with E-state index in [9.17, 15) is 9.18 Å². The van der Waals surface area contributed by atoms with Gasteiger partial charge < -0.3 is 15.7 Å². The molecule has 2 heterocycles. The van der Waals surface area contributed by atoms with Crippen molar-refractivity contribution in [1.82, 2.24) is 10.3 Å². The van der Waals surface area contributed by atoms with Gasteiger partial charge in [-0.15, -0.1) is 11.3 Å². The van der Waals surface area contributed by atoms with Gasteiger partial charge in [0, 0.05) is 28.6 Å². The summed E-state index contributed by atoms with van der Waals surface area (Å²) >= 11 is 1.45. The molecule has 0 unspecified atom stereocenters. The molecule has 0 bridgehead atoms. The molecule has 4 aromatic rings. The number of halogens is 1. The van der Waals surface area contributed by atoms with Crippen LogP contribution in [0.25, 0.3) is 31.1 Å². The number of hydrogen-bond acceptors (Lipinski definition) is 6. The van der Waals surface area contributed by atoms with Gasteiger partial charge in [0.05, 0.1) is 22.2 Å². The lowest BCUT2D eigenvalue weighted by atomic mass is 10.1. The average Bonchev–Trinajstić information content (AvgIpc) is 2.71. The third-order valence-corrected chi connectivity index (χ3v) is 5.76. The Balaban J connectivity index is 1.83. The van der Waals surface area contributed by atoms with E-state index in [0.717, 1.165) is 33.3 Å². The lowest BCUT2D eigenvalue weighted by molar-refractivity contribution is 0.292. The lowest BCUT2D eigenvalue weighted by Gasteiger charge is -2.12. The van der Waals surface area contributed by atoms with Crippen LogP contribution in [0.3, 0.4) is 0 Å². The van der Waals surface area contributed by atoms with E-state index in [-0.39, 0.29) is 12.0 Å². The minimum absolute atomic E-state index is 0.117. The Bertz CT molecular complexity index is 1210. The molecule has 144 valence electrons. The fourth-order valence-corrected chi connectivity index (χ4v) is 4.41. The molecule has 7 heteroatoms. The molecule has 28 heavy (non-hydrogen) atoms. The maximum atomic E-state index is 13.7. The Hall–Kier alpha value is -2.61. The maximum Gasteiger partial charge on any atom is 0.196 e. The molecule has 0 atom stereocenters. The molecule has 0 spiro atoms. The fraction of sp³-hybridized carbons (Fsp3) is 0.238. The van der Waals surface area contributed by atoms with E-state index < -0.39 is 5.82 Å². The molecule has 2 aromatic carbocycles. The van der Waals surface area contributed by atoms with E-state index in [4.69, 9.17) is 10.1 Å². The molecule has 4 rings (SSSR count). The lowest BCUT2D eigenvalue weighted by Crippen LogP contribution is -2.21. The molecule has 2 aromatic heterocycles. The van der Waals surface area contributed by atoms with Gasteiger partial charge in [0.15, 0.2) is 5.43 Å². The predicted molar refractivity (Wildman–Crippen MR) is 114 cm³/mol.